The molecule has 0 atom stereocenters. The summed E-state index contributed by atoms with van der Waals surface area (Å²) in [7, 11) is 0. The second kappa shape index (κ2) is 4.92. The van der Waals surface area contributed by atoms with Crippen molar-refractivity contribution in [2.45, 2.75) is 12.7 Å². The van der Waals surface area contributed by atoms with E-state index in [9.17, 15) is 22.8 Å². The zero-order valence-electron chi connectivity index (χ0n) is 7.97. The zero-order valence-corrected chi connectivity index (χ0v) is 9.54. The first-order valence-corrected chi connectivity index (χ1v) is 5.27. The first-order chi connectivity index (χ1) is 7.71. The zero-order chi connectivity index (χ0) is 13.2. The predicted molar refractivity (Wildman–Crippen MR) is 54.2 cm³/mol. The Morgan fingerprint density at radius 1 is 1.47 bits per heavy atom. The van der Waals surface area contributed by atoms with Crippen LogP contribution in [0.2, 0.25) is 4.34 Å². The summed E-state index contributed by atoms with van der Waals surface area (Å²) in [5, 5.41) is 10.2. The van der Waals surface area contributed by atoms with Crippen molar-refractivity contribution in [3.8, 4) is 0 Å². The van der Waals surface area contributed by atoms with Crippen LogP contribution in [0.25, 0.3) is 0 Å². The summed E-state index contributed by atoms with van der Waals surface area (Å²) in [6, 6.07) is 1.12. The first-order valence-electron chi connectivity index (χ1n) is 4.08. The van der Waals surface area contributed by atoms with Crippen LogP contribution in [-0.4, -0.2) is 23.2 Å². The number of aromatic carboxylic acids is 1. The molecule has 0 aromatic carbocycles. The Bertz CT molecular complexity index is 457. The molecule has 1 amide bonds. The van der Waals surface area contributed by atoms with Crippen molar-refractivity contribution in [1.82, 2.24) is 5.32 Å². The third-order valence-electron chi connectivity index (χ3n) is 1.66. The number of hydrogen-bond donors (Lipinski definition) is 2. The van der Waals surface area contributed by atoms with Gasteiger partial charge in [0.1, 0.15) is 4.88 Å². The van der Waals surface area contributed by atoms with Crippen LogP contribution in [0.1, 0.15) is 15.2 Å². The molecule has 0 fully saturated rings. The molecule has 94 valence electrons. The smallest absolute Gasteiger partial charge is 0.471 e. The van der Waals surface area contributed by atoms with Crippen LogP contribution in [0, 0.1) is 0 Å². The lowest BCUT2D eigenvalue weighted by molar-refractivity contribution is -0.173. The van der Waals surface area contributed by atoms with Crippen molar-refractivity contribution < 1.29 is 27.9 Å². The quantitative estimate of drug-likeness (QED) is 0.896. The van der Waals surface area contributed by atoms with E-state index in [4.69, 9.17) is 16.7 Å². The normalized spacial score (nSPS) is 11.3. The summed E-state index contributed by atoms with van der Waals surface area (Å²) in [4.78, 5) is 20.9. The van der Waals surface area contributed by atoms with Crippen LogP contribution in [0.4, 0.5) is 13.2 Å². The van der Waals surface area contributed by atoms with Gasteiger partial charge in [-0.05, 0) is 6.07 Å². The van der Waals surface area contributed by atoms with Gasteiger partial charge in [-0.15, -0.1) is 11.3 Å². The summed E-state index contributed by atoms with van der Waals surface area (Å²) in [6.07, 6.45) is -4.97. The molecule has 0 radical (unpaired) electrons. The van der Waals surface area contributed by atoms with Crippen LogP contribution in [0.3, 0.4) is 0 Å². The second-order valence-corrected chi connectivity index (χ2v) is 4.55. The number of halogens is 4. The van der Waals surface area contributed by atoms with Crippen LogP contribution in [0.15, 0.2) is 6.07 Å². The van der Waals surface area contributed by atoms with E-state index < -0.39 is 24.6 Å². The molecule has 0 aliphatic heterocycles. The van der Waals surface area contributed by atoms with E-state index in [1.807, 2.05) is 0 Å². The summed E-state index contributed by atoms with van der Waals surface area (Å²) in [5.74, 6) is -3.33. The SMILES string of the molecule is O=C(O)c1cc(CNC(=O)C(F)(F)F)c(Cl)s1. The Morgan fingerprint density at radius 3 is 2.47 bits per heavy atom. The van der Waals surface area contributed by atoms with Crippen molar-refractivity contribution in [2.75, 3.05) is 0 Å². The lowest BCUT2D eigenvalue weighted by Gasteiger charge is -2.06. The van der Waals surface area contributed by atoms with Crippen LogP contribution in [-0.2, 0) is 11.3 Å². The van der Waals surface area contributed by atoms with E-state index in [0.717, 1.165) is 6.07 Å². The van der Waals surface area contributed by atoms with E-state index in [1.165, 1.54) is 0 Å². The van der Waals surface area contributed by atoms with Crippen LogP contribution < -0.4 is 5.32 Å². The summed E-state index contributed by atoms with van der Waals surface area (Å²) in [6.45, 7) is -0.471. The highest BCUT2D eigenvalue weighted by molar-refractivity contribution is 7.18. The molecule has 0 aliphatic rings. The summed E-state index contributed by atoms with van der Waals surface area (Å²) < 4.78 is 35.6. The maximum Gasteiger partial charge on any atom is 0.471 e. The van der Waals surface area contributed by atoms with E-state index in [-0.39, 0.29) is 14.8 Å². The van der Waals surface area contributed by atoms with Gasteiger partial charge >= 0.3 is 18.1 Å². The topological polar surface area (TPSA) is 66.4 Å². The van der Waals surface area contributed by atoms with Gasteiger partial charge in [0.05, 0.1) is 4.34 Å². The molecular weight excluding hydrogens is 283 g/mol. The largest absolute Gasteiger partial charge is 0.477 e. The predicted octanol–water partition coefficient (Wildman–Crippen LogP) is 2.28. The molecule has 0 unspecified atom stereocenters. The van der Waals surface area contributed by atoms with E-state index in [0.29, 0.717) is 11.3 Å². The van der Waals surface area contributed by atoms with Gasteiger partial charge in [-0.1, -0.05) is 11.6 Å². The minimum atomic E-state index is -4.97. The van der Waals surface area contributed by atoms with Crippen molar-refractivity contribution >= 4 is 34.8 Å². The molecule has 2 N–H and O–H groups in total. The molecule has 0 bridgehead atoms. The highest BCUT2D eigenvalue weighted by atomic mass is 35.5. The number of carbonyl (C=O) groups excluding carboxylic acids is 1. The Hall–Kier alpha value is -1.28. The fourth-order valence-electron chi connectivity index (χ4n) is 0.908. The average molecular weight is 288 g/mol. The molecule has 1 heterocycles. The molecular formula is C8H5ClF3NO3S. The highest BCUT2D eigenvalue weighted by Crippen LogP contribution is 2.27. The fraction of sp³-hybridized carbons (Fsp3) is 0.250. The van der Waals surface area contributed by atoms with Crippen molar-refractivity contribution in [3.05, 3.63) is 20.8 Å². The Balaban J connectivity index is 2.70. The molecule has 1 aromatic heterocycles. The second-order valence-electron chi connectivity index (χ2n) is 2.90. The number of carboxylic acid groups (broad SMARTS) is 1. The third-order valence-corrected chi connectivity index (χ3v) is 3.09. The van der Waals surface area contributed by atoms with Crippen LogP contribution in [0.5, 0.6) is 0 Å². The van der Waals surface area contributed by atoms with Gasteiger partial charge in [-0.25, -0.2) is 4.79 Å². The number of carboxylic acids is 1. The molecule has 17 heavy (non-hydrogen) atoms. The molecule has 1 aromatic rings. The van der Waals surface area contributed by atoms with E-state index in [1.54, 1.807) is 5.32 Å². The monoisotopic (exact) mass is 287 g/mol. The number of rotatable bonds is 3. The minimum absolute atomic E-state index is 0.0323. The number of carbonyl (C=O) groups is 2. The number of amides is 1. The van der Waals surface area contributed by atoms with E-state index in [2.05, 4.69) is 0 Å². The number of thiophene rings is 1. The Morgan fingerprint density at radius 2 is 2.06 bits per heavy atom. The van der Waals surface area contributed by atoms with Gasteiger partial charge in [-0.2, -0.15) is 13.2 Å². The molecule has 0 saturated heterocycles. The average Bonchev–Trinajstić information content (AvgIpc) is 2.55. The molecule has 4 nitrogen and oxygen atoms in total. The Kier molecular flexibility index (Phi) is 3.99. The molecule has 1 rings (SSSR count). The number of nitrogens with one attached hydrogen (secondary N) is 1. The lowest BCUT2D eigenvalue weighted by Crippen LogP contribution is -2.36. The first kappa shape index (κ1) is 13.8. The molecule has 0 aliphatic carbocycles. The summed E-state index contributed by atoms with van der Waals surface area (Å²) >= 11 is 6.32. The Labute approximate surface area is 102 Å². The van der Waals surface area contributed by atoms with Crippen LogP contribution >= 0.6 is 22.9 Å². The third kappa shape index (κ3) is 3.60. The minimum Gasteiger partial charge on any atom is -0.477 e. The van der Waals surface area contributed by atoms with E-state index >= 15 is 0 Å². The molecule has 0 saturated carbocycles. The van der Waals surface area contributed by atoms with Crippen molar-refractivity contribution in [1.29, 1.82) is 0 Å². The molecule has 0 spiro atoms. The van der Waals surface area contributed by atoms with Gasteiger partial charge in [0.15, 0.2) is 0 Å². The lowest BCUT2D eigenvalue weighted by atomic mass is 10.3. The number of alkyl halides is 3. The van der Waals surface area contributed by atoms with Gasteiger partial charge in [0.2, 0.25) is 0 Å². The maximum atomic E-state index is 11.8. The summed E-state index contributed by atoms with van der Waals surface area (Å²) in [5.41, 5.74) is 0.131. The van der Waals surface area contributed by atoms with Crippen molar-refractivity contribution in [3.63, 3.8) is 0 Å². The van der Waals surface area contributed by atoms with Gasteiger partial charge in [0, 0.05) is 12.1 Å². The molecule has 9 heteroatoms. The van der Waals surface area contributed by atoms with Gasteiger partial charge < -0.3 is 10.4 Å². The van der Waals surface area contributed by atoms with Crippen molar-refractivity contribution in [2.24, 2.45) is 0 Å². The number of hydrogen-bond acceptors (Lipinski definition) is 3. The van der Waals surface area contributed by atoms with Gasteiger partial charge in [-0.3, -0.25) is 4.79 Å². The van der Waals surface area contributed by atoms with Gasteiger partial charge in [0.25, 0.3) is 0 Å². The fourth-order valence-corrected chi connectivity index (χ4v) is 2.02. The maximum absolute atomic E-state index is 11.8. The standard InChI is InChI=1S/C8H5ClF3NO3S/c9-5-3(1-4(17-5)6(14)15)2-13-7(16)8(10,11)12/h1H,2H2,(H,13,16)(H,14,15). The highest BCUT2D eigenvalue weighted by Gasteiger charge is 2.38.